The smallest absolute Gasteiger partial charge is 0.242 e. The van der Waals surface area contributed by atoms with E-state index in [1.54, 1.807) is 18.3 Å². The van der Waals surface area contributed by atoms with E-state index in [1.165, 1.54) is 16.2 Å². The quantitative estimate of drug-likeness (QED) is 0.703. The number of imide groups is 1. The summed E-state index contributed by atoms with van der Waals surface area (Å²) in [6.07, 6.45) is 0.408. The molecular weight excluding hydrogens is 402 g/mol. The summed E-state index contributed by atoms with van der Waals surface area (Å²) in [6, 6.07) is 7.34. The molecule has 3 fully saturated rings. The van der Waals surface area contributed by atoms with Crippen molar-refractivity contribution >= 4 is 45.6 Å². The minimum Gasteiger partial charge on any atom is -0.389 e. The number of aromatic nitrogens is 1. The number of carbonyl (C=O) groups excluding carboxylic acids is 2. The Bertz CT molecular complexity index is 1050. The number of amides is 2. The first-order chi connectivity index (χ1) is 13.5. The number of halogens is 1. The van der Waals surface area contributed by atoms with Crippen LogP contribution in [0.1, 0.15) is 10.4 Å². The van der Waals surface area contributed by atoms with E-state index in [4.69, 9.17) is 21.2 Å². The van der Waals surface area contributed by atoms with Crippen molar-refractivity contribution in [2.24, 2.45) is 22.9 Å². The van der Waals surface area contributed by atoms with Crippen LogP contribution < -0.4 is 4.90 Å². The number of rotatable bonds is 2. The Balaban J connectivity index is 1.36. The van der Waals surface area contributed by atoms with Crippen molar-refractivity contribution < 1.29 is 19.2 Å². The molecule has 28 heavy (non-hydrogen) atoms. The molecule has 9 heteroatoms. The van der Waals surface area contributed by atoms with Crippen molar-refractivity contribution in [3.63, 3.8) is 0 Å². The van der Waals surface area contributed by atoms with E-state index in [9.17, 15) is 9.59 Å². The molecule has 6 atom stereocenters. The summed E-state index contributed by atoms with van der Waals surface area (Å²) in [5.41, 5.74) is 1.63. The summed E-state index contributed by atoms with van der Waals surface area (Å²) >= 11 is 7.33. The van der Waals surface area contributed by atoms with Crippen LogP contribution in [0.25, 0.3) is 0 Å². The van der Waals surface area contributed by atoms with Crippen LogP contribution in [0.15, 0.2) is 35.6 Å². The van der Waals surface area contributed by atoms with Crippen LogP contribution >= 0.6 is 22.9 Å². The molecule has 7 nitrogen and oxygen atoms in total. The van der Waals surface area contributed by atoms with Crippen molar-refractivity contribution in [3.05, 3.63) is 45.9 Å². The Kier molecular flexibility index (Phi) is 3.34. The maximum absolute atomic E-state index is 13.2. The standard InChI is InChI=1S/C19H14ClN3O4S/c1-7-6-21-19(28-7)23-17(24)10-11(18(23)25)15-16-12(14(10)26-15)13(22-27-16)8-2-4-9(20)5-3-8/h2-6,10-12,14-16H,1H3. The minimum atomic E-state index is -0.539. The fraction of sp³-hybridized carbons (Fsp3) is 0.368. The molecule has 0 N–H and O–H groups in total. The molecule has 6 unspecified atom stereocenters. The predicted molar refractivity (Wildman–Crippen MR) is 101 cm³/mol. The Morgan fingerprint density at radius 1 is 1.04 bits per heavy atom. The monoisotopic (exact) mass is 415 g/mol. The second-order valence-corrected chi connectivity index (χ2v) is 9.11. The average molecular weight is 416 g/mol. The second kappa shape index (κ2) is 5.62. The van der Waals surface area contributed by atoms with Crippen LogP contribution in [0.4, 0.5) is 5.13 Å². The Morgan fingerprint density at radius 2 is 1.75 bits per heavy atom. The third-order valence-electron chi connectivity index (χ3n) is 5.98. The zero-order valence-electron chi connectivity index (χ0n) is 14.6. The van der Waals surface area contributed by atoms with Crippen LogP contribution in [0, 0.1) is 24.7 Å². The van der Waals surface area contributed by atoms with Gasteiger partial charge in [0.15, 0.2) is 11.2 Å². The van der Waals surface area contributed by atoms with Gasteiger partial charge in [0.05, 0.1) is 29.6 Å². The number of carbonyl (C=O) groups is 2. The van der Waals surface area contributed by atoms with Crippen molar-refractivity contribution in [1.29, 1.82) is 0 Å². The number of hydrogen-bond donors (Lipinski definition) is 0. The van der Waals surface area contributed by atoms with E-state index in [0.717, 1.165) is 16.2 Å². The van der Waals surface area contributed by atoms with Gasteiger partial charge in [-0.1, -0.05) is 28.9 Å². The van der Waals surface area contributed by atoms with Crippen molar-refractivity contribution in [1.82, 2.24) is 4.98 Å². The van der Waals surface area contributed by atoms with E-state index in [2.05, 4.69) is 10.1 Å². The molecule has 4 aliphatic rings. The number of oxime groups is 1. The molecular formula is C19H14ClN3O4S. The number of aryl methyl sites for hydroxylation is 1. The van der Waals surface area contributed by atoms with Gasteiger partial charge >= 0.3 is 0 Å². The number of hydrogen-bond acceptors (Lipinski definition) is 7. The maximum Gasteiger partial charge on any atom is 0.242 e. The molecule has 0 aliphatic carbocycles. The fourth-order valence-corrected chi connectivity index (χ4v) is 5.75. The molecule has 0 saturated carbocycles. The first kappa shape index (κ1) is 16.6. The molecule has 1 aromatic carbocycles. The van der Waals surface area contributed by atoms with Gasteiger partial charge in [0.1, 0.15) is 6.10 Å². The Morgan fingerprint density at radius 3 is 2.43 bits per heavy atom. The lowest BCUT2D eigenvalue weighted by atomic mass is 9.71. The summed E-state index contributed by atoms with van der Waals surface area (Å²) in [5, 5.41) is 5.33. The van der Waals surface area contributed by atoms with Gasteiger partial charge in [0.2, 0.25) is 11.8 Å². The van der Waals surface area contributed by atoms with E-state index in [1.807, 2.05) is 19.1 Å². The van der Waals surface area contributed by atoms with E-state index in [-0.39, 0.29) is 23.8 Å². The van der Waals surface area contributed by atoms with Crippen LogP contribution in [0.2, 0.25) is 5.02 Å². The number of fused-ring (bicyclic) bond motifs is 8. The normalized spacial score (nSPS) is 35.2. The van der Waals surface area contributed by atoms with Crippen LogP contribution in [-0.4, -0.2) is 40.8 Å². The molecule has 2 bridgehead atoms. The van der Waals surface area contributed by atoms with Crippen molar-refractivity contribution in [3.8, 4) is 0 Å². The average Bonchev–Trinajstić information content (AvgIpc) is 3.44. The summed E-state index contributed by atoms with van der Waals surface area (Å²) in [5.74, 6) is -1.73. The fourth-order valence-electron chi connectivity index (χ4n) is 4.85. The molecule has 2 aromatic rings. The molecule has 6 rings (SSSR count). The predicted octanol–water partition coefficient (Wildman–Crippen LogP) is 2.41. The Labute approximate surface area is 168 Å². The molecule has 0 spiro atoms. The van der Waals surface area contributed by atoms with Crippen LogP contribution in [-0.2, 0) is 19.2 Å². The zero-order chi connectivity index (χ0) is 19.2. The van der Waals surface area contributed by atoms with Gasteiger partial charge in [-0.2, -0.15) is 0 Å². The van der Waals surface area contributed by atoms with Crippen LogP contribution in [0.5, 0.6) is 0 Å². The Hall–Kier alpha value is -2.29. The summed E-state index contributed by atoms with van der Waals surface area (Å²) in [6.45, 7) is 1.90. The number of benzene rings is 1. The lowest BCUT2D eigenvalue weighted by Crippen LogP contribution is -2.45. The first-order valence-corrected chi connectivity index (χ1v) is 10.2. The molecule has 142 valence electrons. The lowest BCUT2D eigenvalue weighted by molar-refractivity contribution is -0.125. The van der Waals surface area contributed by atoms with E-state index >= 15 is 0 Å². The van der Waals surface area contributed by atoms with Crippen LogP contribution in [0.3, 0.4) is 0 Å². The minimum absolute atomic E-state index is 0.179. The molecule has 5 heterocycles. The highest BCUT2D eigenvalue weighted by Crippen LogP contribution is 2.55. The SMILES string of the molecule is Cc1cnc(N2C(=O)C3C4OC(C5C(c6ccc(Cl)cc6)=NOC45)C3C2=O)s1. The van der Waals surface area contributed by atoms with E-state index < -0.39 is 24.0 Å². The number of thiazole rings is 1. The second-order valence-electron chi connectivity index (χ2n) is 7.46. The van der Waals surface area contributed by atoms with Gasteiger partial charge in [0.25, 0.3) is 0 Å². The van der Waals surface area contributed by atoms with Gasteiger partial charge in [-0.3, -0.25) is 9.59 Å². The highest BCUT2D eigenvalue weighted by Gasteiger charge is 2.72. The van der Waals surface area contributed by atoms with E-state index in [0.29, 0.717) is 10.2 Å². The van der Waals surface area contributed by atoms with Crippen molar-refractivity contribution in [2.75, 3.05) is 4.90 Å². The first-order valence-electron chi connectivity index (χ1n) is 9.00. The lowest BCUT2D eigenvalue weighted by Gasteiger charge is -2.26. The topological polar surface area (TPSA) is 81.1 Å². The number of anilines is 1. The van der Waals surface area contributed by atoms with Crippen molar-refractivity contribution in [2.45, 2.75) is 25.2 Å². The summed E-state index contributed by atoms with van der Waals surface area (Å²) in [4.78, 5) is 38.3. The molecule has 3 saturated heterocycles. The van der Waals surface area contributed by atoms with Gasteiger partial charge in [-0.15, -0.1) is 11.3 Å². The molecule has 0 radical (unpaired) electrons. The molecule has 2 amide bonds. The summed E-state index contributed by atoms with van der Waals surface area (Å²) in [7, 11) is 0. The van der Waals surface area contributed by atoms with Gasteiger partial charge in [0, 0.05) is 16.1 Å². The number of ether oxygens (including phenoxy) is 1. The molecule has 4 aliphatic heterocycles. The van der Waals surface area contributed by atoms with Gasteiger partial charge < -0.3 is 9.57 Å². The third kappa shape index (κ3) is 2.02. The maximum atomic E-state index is 13.2. The zero-order valence-corrected chi connectivity index (χ0v) is 16.2. The largest absolute Gasteiger partial charge is 0.389 e. The molecule has 1 aromatic heterocycles. The number of nitrogens with zero attached hydrogens (tertiary/aromatic N) is 3. The third-order valence-corrected chi connectivity index (χ3v) is 7.13. The highest BCUT2D eigenvalue weighted by molar-refractivity contribution is 7.16. The highest BCUT2D eigenvalue weighted by atomic mass is 35.5. The van der Waals surface area contributed by atoms with Gasteiger partial charge in [-0.25, -0.2) is 9.88 Å². The van der Waals surface area contributed by atoms with Gasteiger partial charge in [-0.05, 0) is 24.6 Å². The summed E-state index contributed by atoms with van der Waals surface area (Å²) < 4.78 is 6.09.